The molecule has 0 aromatic heterocycles. The highest BCUT2D eigenvalue weighted by Gasteiger charge is 2.74. The van der Waals surface area contributed by atoms with Crippen LogP contribution in [-0.4, -0.2) is 191 Å². The van der Waals surface area contributed by atoms with Gasteiger partial charge in [0.05, 0.1) is 43.7 Å². The van der Waals surface area contributed by atoms with Gasteiger partial charge >= 0.3 is 0 Å². The van der Waals surface area contributed by atoms with Crippen LogP contribution in [0.4, 0.5) is 0 Å². The molecule has 0 aromatic carbocycles. The van der Waals surface area contributed by atoms with Crippen molar-refractivity contribution in [1.29, 1.82) is 0 Å². The van der Waals surface area contributed by atoms with Gasteiger partial charge in [0.1, 0.15) is 67.1 Å². The highest BCUT2D eigenvalue weighted by molar-refractivity contribution is 5.22. The van der Waals surface area contributed by atoms with Crippen LogP contribution in [0.3, 0.4) is 0 Å². The molecule has 3 saturated heterocycles. The van der Waals surface area contributed by atoms with Crippen molar-refractivity contribution >= 4 is 0 Å². The summed E-state index contributed by atoms with van der Waals surface area (Å²) in [5.41, 5.74) is -2.41. The fourth-order valence-corrected chi connectivity index (χ4v) is 14.6. The predicted octanol–water partition coefficient (Wildman–Crippen LogP) is -0.417. The lowest BCUT2D eigenvalue weighted by atomic mass is 9.34. The maximum atomic E-state index is 12.7. The molecule has 0 amide bonds. The Kier molecular flexibility index (Phi) is 15.1. The van der Waals surface area contributed by atoms with E-state index in [9.17, 15) is 61.3 Å². The molecule has 7 fully saturated rings. The third kappa shape index (κ3) is 8.72. The Morgan fingerprint density at radius 1 is 0.692 bits per heavy atom. The standard InChI is InChI=1S/C47H80O18/c1-21(2)10-9-13-47(8,65-41-37(59)34(56)32(54)26(18-48)62-41)22-11-15-45(6)30(22)23(50)16-28-44(5)14-12-29(52)43(3,4)39(44)25(17-46(28,45)7)61-42-38(35(57)33(55)27(19-49)63-42)64-40-36(58)31(53)24(51)20-60-40/h10,22-42,48-59H,9,11-20H2,1-8H3/t22-,23+,24+,25-,26+,27+,28?,29-,30-,31-,32+,33+,34-,35-,36+,37+,38+,39?,40-,41-,42+,44+,45+,46+,47-/m0/s1. The van der Waals surface area contributed by atoms with Crippen LogP contribution >= 0.6 is 0 Å². The lowest BCUT2D eigenvalue weighted by Crippen LogP contribution is -2.71. The Labute approximate surface area is 382 Å². The van der Waals surface area contributed by atoms with Crippen molar-refractivity contribution in [2.45, 2.75) is 217 Å². The fourth-order valence-electron chi connectivity index (χ4n) is 14.6. The zero-order valence-corrected chi connectivity index (χ0v) is 39.3. The molecule has 3 heterocycles. The van der Waals surface area contributed by atoms with Gasteiger partial charge in [0.25, 0.3) is 0 Å². The van der Waals surface area contributed by atoms with E-state index in [1.165, 1.54) is 0 Å². The Morgan fingerprint density at radius 3 is 1.94 bits per heavy atom. The highest BCUT2D eigenvalue weighted by Crippen LogP contribution is 2.76. The van der Waals surface area contributed by atoms with Crippen LogP contribution in [0.25, 0.3) is 0 Å². The zero-order valence-electron chi connectivity index (χ0n) is 39.3. The molecule has 0 spiro atoms. The van der Waals surface area contributed by atoms with Gasteiger partial charge in [-0.2, -0.15) is 0 Å². The highest BCUT2D eigenvalue weighted by atomic mass is 16.8. The van der Waals surface area contributed by atoms with Gasteiger partial charge in [-0.15, -0.1) is 0 Å². The second-order valence-electron chi connectivity index (χ2n) is 22.6. The molecule has 18 heteroatoms. The summed E-state index contributed by atoms with van der Waals surface area (Å²) in [6.07, 6.45) is -17.2. The smallest absolute Gasteiger partial charge is 0.187 e. The monoisotopic (exact) mass is 933 g/mol. The van der Waals surface area contributed by atoms with Crippen molar-refractivity contribution in [1.82, 2.24) is 0 Å². The van der Waals surface area contributed by atoms with Gasteiger partial charge in [-0.25, -0.2) is 0 Å². The fraction of sp³-hybridized carbons (Fsp3) is 0.957. The SMILES string of the molecule is CC(C)=CCC[C@](C)(O[C@@H]1O[C@H](CO)[C@@H](O)[C@H](O)[C@H]1O)[C@H]1CC[C@]2(C)[C@@H]1[C@H](O)CC1[C@@]3(C)CC[C@H](O)C(C)(C)C3[C@@H](O[C@@H]3O[C@H](CO)[C@@H](O)[C@H](O)[C@H]3O[C@@H]3OC[C@@H](O)[C@H](O)[C@H]3O)C[C@]12C. The minimum atomic E-state index is -1.73. The van der Waals surface area contributed by atoms with Crippen LogP contribution in [0.15, 0.2) is 11.6 Å². The van der Waals surface area contributed by atoms with Crippen molar-refractivity contribution in [3.8, 4) is 0 Å². The van der Waals surface area contributed by atoms with Crippen LogP contribution in [0, 0.1) is 45.3 Å². The summed E-state index contributed by atoms with van der Waals surface area (Å²) in [6.45, 7) is 15.0. The molecule has 4 saturated carbocycles. The number of allylic oxidation sites excluding steroid dienone is 2. The first kappa shape index (κ1) is 51.9. The Bertz CT molecular complexity index is 1660. The average molecular weight is 933 g/mol. The molecule has 2 unspecified atom stereocenters. The third-order valence-corrected chi connectivity index (χ3v) is 18.3. The number of aliphatic hydroxyl groups is 12. The molecule has 0 aromatic rings. The molecular weight excluding hydrogens is 852 g/mol. The lowest BCUT2D eigenvalue weighted by Gasteiger charge is -2.72. The molecule has 7 rings (SSSR count). The number of rotatable bonds is 12. The summed E-state index contributed by atoms with van der Waals surface area (Å²) in [4.78, 5) is 0. The van der Waals surface area contributed by atoms with Crippen LogP contribution in [-0.2, 0) is 28.4 Å². The van der Waals surface area contributed by atoms with E-state index >= 15 is 0 Å². The van der Waals surface area contributed by atoms with E-state index in [1.54, 1.807) is 0 Å². The van der Waals surface area contributed by atoms with E-state index in [1.807, 2.05) is 34.6 Å². The van der Waals surface area contributed by atoms with Gasteiger partial charge in [0.15, 0.2) is 18.9 Å². The van der Waals surface area contributed by atoms with Crippen molar-refractivity contribution in [2.75, 3.05) is 19.8 Å². The topological polar surface area (TPSA) is 298 Å². The molecule has 4 aliphatic carbocycles. The second kappa shape index (κ2) is 19.0. The summed E-state index contributed by atoms with van der Waals surface area (Å²) < 4.78 is 37.7. The minimum Gasteiger partial charge on any atom is -0.394 e. The van der Waals surface area contributed by atoms with Crippen molar-refractivity contribution < 1.29 is 89.7 Å². The zero-order chi connectivity index (χ0) is 47.9. The van der Waals surface area contributed by atoms with Gasteiger partial charge < -0.3 is 89.7 Å². The molecular formula is C47H80O18. The normalized spacial score (nSPS) is 53.0. The van der Waals surface area contributed by atoms with Crippen LogP contribution in [0.1, 0.15) is 107 Å². The summed E-state index contributed by atoms with van der Waals surface area (Å²) in [5.74, 6) is -1.11. The number of ether oxygens (including phenoxy) is 6. The van der Waals surface area contributed by atoms with Crippen LogP contribution < -0.4 is 0 Å². The number of hydrogen-bond donors (Lipinski definition) is 12. The molecule has 7 aliphatic rings. The van der Waals surface area contributed by atoms with Gasteiger partial charge in [-0.3, -0.25) is 0 Å². The Hall–Kier alpha value is -0.980. The maximum absolute atomic E-state index is 12.7. The molecule has 3 aliphatic heterocycles. The quantitative estimate of drug-likeness (QED) is 0.0874. The molecule has 65 heavy (non-hydrogen) atoms. The first-order chi connectivity index (χ1) is 30.3. The Balaban J connectivity index is 1.27. The first-order valence-electron chi connectivity index (χ1n) is 23.9. The van der Waals surface area contributed by atoms with Crippen LogP contribution in [0.2, 0.25) is 0 Å². The van der Waals surface area contributed by atoms with E-state index in [0.717, 1.165) is 5.57 Å². The number of fused-ring (bicyclic) bond motifs is 5. The van der Waals surface area contributed by atoms with Crippen molar-refractivity contribution in [3.63, 3.8) is 0 Å². The van der Waals surface area contributed by atoms with E-state index in [-0.39, 0.29) is 30.3 Å². The number of hydrogen-bond acceptors (Lipinski definition) is 18. The van der Waals surface area contributed by atoms with E-state index < -0.39 is 145 Å². The molecule has 376 valence electrons. The largest absolute Gasteiger partial charge is 0.394 e. The third-order valence-electron chi connectivity index (χ3n) is 18.3. The molecule has 18 nitrogen and oxygen atoms in total. The average Bonchev–Trinajstić information content (AvgIpc) is 3.63. The van der Waals surface area contributed by atoms with E-state index in [4.69, 9.17) is 28.4 Å². The summed E-state index contributed by atoms with van der Waals surface area (Å²) in [6, 6.07) is 0. The van der Waals surface area contributed by atoms with Crippen LogP contribution in [0.5, 0.6) is 0 Å². The summed E-state index contributed by atoms with van der Waals surface area (Å²) in [5, 5.41) is 131. The lowest BCUT2D eigenvalue weighted by molar-refractivity contribution is -0.377. The van der Waals surface area contributed by atoms with E-state index in [0.29, 0.717) is 51.4 Å². The Morgan fingerprint density at radius 2 is 1.31 bits per heavy atom. The first-order valence-corrected chi connectivity index (χ1v) is 23.9. The molecule has 0 radical (unpaired) electrons. The van der Waals surface area contributed by atoms with Gasteiger partial charge in [0, 0.05) is 0 Å². The molecule has 0 bridgehead atoms. The molecule has 25 atom stereocenters. The molecule has 12 N–H and O–H groups in total. The van der Waals surface area contributed by atoms with Gasteiger partial charge in [0.2, 0.25) is 0 Å². The number of aliphatic hydroxyl groups excluding tert-OH is 12. The van der Waals surface area contributed by atoms with Crippen molar-refractivity contribution in [2.24, 2.45) is 45.3 Å². The minimum absolute atomic E-state index is 0.0828. The van der Waals surface area contributed by atoms with Gasteiger partial charge in [-0.1, -0.05) is 46.3 Å². The van der Waals surface area contributed by atoms with Gasteiger partial charge in [-0.05, 0) is 117 Å². The summed E-state index contributed by atoms with van der Waals surface area (Å²) in [7, 11) is 0. The second-order valence-corrected chi connectivity index (χ2v) is 22.6. The van der Waals surface area contributed by atoms with Crippen molar-refractivity contribution in [3.05, 3.63) is 11.6 Å². The predicted molar refractivity (Wildman–Crippen MR) is 229 cm³/mol. The summed E-state index contributed by atoms with van der Waals surface area (Å²) >= 11 is 0. The maximum Gasteiger partial charge on any atom is 0.187 e. The van der Waals surface area contributed by atoms with E-state index in [2.05, 4.69) is 26.8 Å².